The third-order valence-corrected chi connectivity index (χ3v) is 6.23. The molecule has 0 spiro atoms. The van der Waals surface area contributed by atoms with Gasteiger partial charge in [-0.3, -0.25) is 24.5 Å². The van der Waals surface area contributed by atoms with E-state index in [0.717, 1.165) is 22.8 Å². The van der Waals surface area contributed by atoms with Gasteiger partial charge in [-0.25, -0.2) is 8.78 Å². The van der Waals surface area contributed by atoms with Crippen molar-refractivity contribution < 1.29 is 23.3 Å². The number of nitro groups is 1. The molecule has 4 rings (SSSR count). The topological polar surface area (TPSA) is 111 Å². The molecule has 1 N–H and O–H groups in total. The van der Waals surface area contributed by atoms with Crippen molar-refractivity contribution >= 4 is 29.0 Å². The van der Waals surface area contributed by atoms with Crippen LogP contribution in [0.2, 0.25) is 5.02 Å². The molecular formula is C28H20ClF2N3O5. The fourth-order valence-electron chi connectivity index (χ4n) is 4.01. The standard InChI is InChI=1S/C28H20ClF2N3O5/c29-20-5-10-24(34(38)39)23(15-20)19-11-12-33(27(36)14-19)25(13-17-1-6-21(30)7-2-17)26(35)16-32-28(37)18-3-8-22(31)9-4-18/h1-12,14-15,25H,13,16H2,(H,32,37). The average Bonchev–Trinajstić information content (AvgIpc) is 2.91. The Bertz CT molecular complexity index is 1610. The van der Waals surface area contributed by atoms with Crippen LogP contribution < -0.4 is 10.9 Å². The molecule has 198 valence electrons. The van der Waals surface area contributed by atoms with Crippen molar-refractivity contribution in [1.82, 2.24) is 9.88 Å². The molecule has 4 aromatic rings. The largest absolute Gasteiger partial charge is 0.345 e. The van der Waals surface area contributed by atoms with Crippen LogP contribution in [0.4, 0.5) is 14.5 Å². The minimum Gasteiger partial charge on any atom is -0.345 e. The first-order valence-electron chi connectivity index (χ1n) is 11.6. The zero-order valence-corrected chi connectivity index (χ0v) is 20.9. The highest BCUT2D eigenvalue weighted by Crippen LogP contribution is 2.32. The molecule has 1 unspecified atom stereocenters. The van der Waals surface area contributed by atoms with Crippen LogP contribution in [0.5, 0.6) is 0 Å². The molecule has 0 radical (unpaired) electrons. The lowest BCUT2D eigenvalue weighted by Crippen LogP contribution is -2.38. The van der Waals surface area contributed by atoms with E-state index in [9.17, 15) is 33.3 Å². The first kappa shape index (κ1) is 27.3. The molecule has 0 aliphatic heterocycles. The quantitative estimate of drug-likeness (QED) is 0.229. The van der Waals surface area contributed by atoms with Gasteiger partial charge < -0.3 is 9.88 Å². The third-order valence-electron chi connectivity index (χ3n) is 5.99. The number of ketones is 1. The molecule has 0 fully saturated rings. The van der Waals surface area contributed by atoms with Crippen LogP contribution in [0, 0.1) is 21.7 Å². The number of benzene rings is 3. The van der Waals surface area contributed by atoms with E-state index in [2.05, 4.69) is 5.32 Å². The maximum absolute atomic E-state index is 13.4. The summed E-state index contributed by atoms with van der Waals surface area (Å²) in [7, 11) is 0. The average molecular weight is 552 g/mol. The highest BCUT2D eigenvalue weighted by atomic mass is 35.5. The van der Waals surface area contributed by atoms with Crippen LogP contribution in [0.3, 0.4) is 0 Å². The van der Waals surface area contributed by atoms with Gasteiger partial charge in [0.2, 0.25) is 0 Å². The summed E-state index contributed by atoms with van der Waals surface area (Å²) < 4.78 is 27.8. The molecule has 1 heterocycles. The van der Waals surface area contributed by atoms with Crippen molar-refractivity contribution in [3.63, 3.8) is 0 Å². The van der Waals surface area contributed by atoms with Crippen LogP contribution in [-0.2, 0) is 11.2 Å². The molecule has 0 bridgehead atoms. The molecule has 39 heavy (non-hydrogen) atoms. The van der Waals surface area contributed by atoms with Gasteiger partial charge in [0.25, 0.3) is 17.2 Å². The van der Waals surface area contributed by atoms with Gasteiger partial charge in [-0.15, -0.1) is 0 Å². The number of carbonyl (C=O) groups excluding carboxylic acids is 2. The molecule has 3 aromatic carbocycles. The van der Waals surface area contributed by atoms with E-state index < -0.39 is 46.4 Å². The van der Waals surface area contributed by atoms with Crippen LogP contribution in [0.15, 0.2) is 89.9 Å². The zero-order valence-electron chi connectivity index (χ0n) is 20.1. The van der Waals surface area contributed by atoms with Crippen molar-refractivity contribution in [3.05, 3.63) is 133 Å². The summed E-state index contributed by atoms with van der Waals surface area (Å²) in [5, 5.41) is 14.2. The number of rotatable bonds is 9. The highest BCUT2D eigenvalue weighted by molar-refractivity contribution is 6.31. The van der Waals surface area contributed by atoms with Crippen LogP contribution in [0.1, 0.15) is 22.0 Å². The second-order valence-corrected chi connectivity index (χ2v) is 9.02. The number of halogens is 3. The number of nitrogens with one attached hydrogen (secondary N) is 1. The van der Waals surface area contributed by atoms with E-state index in [1.807, 2.05) is 0 Å². The number of pyridine rings is 1. The molecule has 1 aromatic heterocycles. The normalized spacial score (nSPS) is 11.6. The smallest absolute Gasteiger partial charge is 0.277 e. The minimum atomic E-state index is -1.10. The van der Waals surface area contributed by atoms with Gasteiger partial charge in [0.05, 0.1) is 17.0 Å². The van der Waals surface area contributed by atoms with Gasteiger partial charge >= 0.3 is 0 Å². The van der Waals surface area contributed by atoms with E-state index in [-0.39, 0.29) is 33.8 Å². The summed E-state index contributed by atoms with van der Waals surface area (Å²) >= 11 is 6.02. The van der Waals surface area contributed by atoms with Crippen molar-refractivity contribution in [2.24, 2.45) is 0 Å². The van der Waals surface area contributed by atoms with Crippen LogP contribution >= 0.6 is 11.6 Å². The maximum Gasteiger partial charge on any atom is 0.277 e. The van der Waals surface area contributed by atoms with E-state index in [4.69, 9.17) is 11.6 Å². The van der Waals surface area contributed by atoms with E-state index in [1.54, 1.807) is 0 Å². The lowest BCUT2D eigenvalue weighted by Gasteiger charge is -2.20. The fourth-order valence-corrected chi connectivity index (χ4v) is 4.19. The first-order valence-corrected chi connectivity index (χ1v) is 12.0. The number of nitrogens with zero attached hydrogens (tertiary/aromatic N) is 2. The van der Waals surface area contributed by atoms with Gasteiger partial charge in [-0.2, -0.15) is 0 Å². The Kier molecular flexibility index (Phi) is 8.26. The minimum absolute atomic E-state index is 0.00208. The number of hydrogen-bond donors (Lipinski definition) is 1. The molecule has 11 heteroatoms. The number of nitro benzene ring substituents is 1. The zero-order chi connectivity index (χ0) is 28.1. The Morgan fingerprint density at radius 2 is 1.59 bits per heavy atom. The molecule has 1 atom stereocenters. The summed E-state index contributed by atoms with van der Waals surface area (Å²) in [5.41, 5.74) is 0.170. The van der Waals surface area contributed by atoms with Crippen molar-refractivity contribution in [3.8, 4) is 11.1 Å². The summed E-state index contributed by atoms with van der Waals surface area (Å²) in [4.78, 5) is 49.8. The van der Waals surface area contributed by atoms with E-state index in [1.165, 1.54) is 66.9 Å². The van der Waals surface area contributed by atoms with Crippen LogP contribution in [-0.4, -0.2) is 27.7 Å². The molecule has 0 aliphatic rings. The lowest BCUT2D eigenvalue weighted by molar-refractivity contribution is -0.384. The van der Waals surface area contributed by atoms with Gasteiger partial charge in [-0.05, 0) is 65.7 Å². The Morgan fingerprint density at radius 1 is 0.949 bits per heavy atom. The monoisotopic (exact) mass is 551 g/mol. The molecule has 1 amide bonds. The number of Topliss-reactive ketones (excluding diaryl/α,β-unsaturated/α-hetero) is 1. The summed E-state index contributed by atoms with van der Waals surface area (Å²) in [6.45, 7) is -0.448. The highest BCUT2D eigenvalue weighted by Gasteiger charge is 2.24. The van der Waals surface area contributed by atoms with Gasteiger partial charge in [-0.1, -0.05) is 23.7 Å². The predicted octanol–water partition coefficient (Wildman–Crippen LogP) is 5.14. The Labute approximate surface area is 225 Å². The fraction of sp³-hybridized carbons (Fsp3) is 0.107. The van der Waals surface area contributed by atoms with Crippen LogP contribution in [0.25, 0.3) is 11.1 Å². The predicted molar refractivity (Wildman–Crippen MR) is 141 cm³/mol. The van der Waals surface area contributed by atoms with Crippen molar-refractivity contribution in [1.29, 1.82) is 0 Å². The van der Waals surface area contributed by atoms with Crippen molar-refractivity contribution in [2.75, 3.05) is 6.54 Å². The Morgan fingerprint density at radius 3 is 2.21 bits per heavy atom. The molecule has 8 nitrogen and oxygen atoms in total. The SMILES string of the molecule is O=C(NCC(=O)C(Cc1ccc(F)cc1)n1ccc(-c2cc(Cl)ccc2[N+](=O)[O-])cc1=O)c1ccc(F)cc1. The number of aromatic nitrogens is 1. The van der Waals surface area contributed by atoms with E-state index >= 15 is 0 Å². The number of amides is 1. The molecule has 0 saturated carbocycles. The second kappa shape index (κ2) is 11.8. The molecule has 0 aliphatic carbocycles. The Hall–Kier alpha value is -4.70. The van der Waals surface area contributed by atoms with Gasteiger partial charge in [0.1, 0.15) is 17.7 Å². The first-order chi connectivity index (χ1) is 18.6. The summed E-state index contributed by atoms with van der Waals surface area (Å²) in [5.74, 6) is -2.14. The lowest BCUT2D eigenvalue weighted by atomic mass is 10.0. The second-order valence-electron chi connectivity index (χ2n) is 8.58. The number of hydrogen-bond acceptors (Lipinski definition) is 5. The summed E-state index contributed by atoms with van der Waals surface area (Å²) in [6, 6.07) is 15.6. The molecule has 0 saturated heterocycles. The third kappa shape index (κ3) is 6.60. The van der Waals surface area contributed by atoms with E-state index in [0.29, 0.717) is 5.56 Å². The molecular weight excluding hydrogens is 532 g/mol. The maximum atomic E-state index is 13.4. The Balaban J connectivity index is 1.65. The number of carbonyl (C=O) groups is 2. The van der Waals surface area contributed by atoms with Crippen molar-refractivity contribution in [2.45, 2.75) is 12.5 Å². The van der Waals surface area contributed by atoms with Gasteiger partial charge in [0.15, 0.2) is 5.78 Å². The van der Waals surface area contributed by atoms with Gasteiger partial charge in [0, 0.05) is 35.3 Å². The summed E-state index contributed by atoms with van der Waals surface area (Å²) in [6.07, 6.45) is 1.33.